The summed E-state index contributed by atoms with van der Waals surface area (Å²) in [5, 5.41) is 12.5. The largest absolute Gasteiger partial charge is 0.388 e. The molecule has 0 spiro atoms. The van der Waals surface area contributed by atoms with Crippen LogP contribution in [0.25, 0.3) is 0 Å². The second-order valence-electron chi connectivity index (χ2n) is 4.75. The molecule has 3 atom stereocenters. The molecule has 0 aromatic carbocycles. The standard InChI is InChI=1S/C13H19BrOS/c1-2-9-5-3-4-6-11(9)13(15)10-7-12(14)16-8-10/h7-9,11,13,15H,2-6H2,1H3. The summed E-state index contributed by atoms with van der Waals surface area (Å²) in [4.78, 5) is 0. The minimum atomic E-state index is -0.257. The summed E-state index contributed by atoms with van der Waals surface area (Å²) < 4.78 is 1.12. The average molecular weight is 303 g/mol. The first-order chi connectivity index (χ1) is 7.72. The SMILES string of the molecule is CCC1CCCCC1C(O)c1csc(Br)c1. The van der Waals surface area contributed by atoms with Crippen molar-refractivity contribution in [3.63, 3.8) is 0 Å². The van der Waals surface area contributed by atoms with Gasteiger partial charge in [-0.2, -0.15) is 0 Å². The third kappa shape index (κ3) is 2.69. The lowest BCUT2D eigenvalue weighted by Gasteiger charge is -2.34. The molecule has 1 saturated carbocycles. The predicted octanol–water partition coefficient (Wildman–Crippen LogP) is 4.76. The van der Waals surface area contributed by atoms with E-state index in [0.717, 1.165) is 9.35 Å². The molecule has 1 aliphatic rings. The topological polar surface area (TPSA) is 20.2 Å². The van der Waals surface area contributed by atoms with E-state index in [1.165, 1.54) is 32.1 Å². The molecule has 1 aromatic heterocycles. The highest BCUT2D eigenvalue weighted by atomic mass is 79.9. The van der Waals surface area contributed by atoms with E-state index >= 15 is 0 Å². The van der Waals surface area contributed by atoms with E-state index in [-0.39, 0.29) is 6.10 Å². The predicted molar refractivity (Wildman–Crippen MR) is 72.7 cm³/mol. The molecular weight excluding hydrogens is 284 g/mol. The van der Waals surface area contributed by atoms with Gasteiger partial charge in [-0.1, -0.05) is 32.6 Å². The van der Waals surface area contributed by atoms with Gasteiger partial charge in [-0.15, -0.1) is 11.3 Å². The molecule has 16 heavy (non-hydrogen) atoms. The Morgan fingerprint density at radius 1 is 1.50 bits per heavy atom. The number of hydrogen-bond acceptors (Lipinski definition) is 2. The van der Waals surface area contributed by atoms with Crippen LogP contribution in [0.2, 0.25) is 0 Å². The van der Waals surface area contributed by atoms with E-state index in [4.69, 9.17) is 0 Å². The van der Waals surface area contributed by atoms with Gasteiger partial charge in [0.1, 0.15) is 0 Å². The first-order valence-corrected chi connectivity index (χ1v) is 7.81. The molecule has 1 heterocycles. The van der Waals surface area contributed by atoms with Crippen molar-refractivity contribution in [2.75, 3.05) is 0 Å². The number of thiophene rings is 1. The molecule has 1 fully saturated rings. The van der Waals surface area contributed by atoms with Crippen molar-refractivity contribution in [2.24, 2.45) is 11.8 Å². The Morgan fingerprint density at radius 2 is 2.25 bits per heavy atom. The molecule has 0 bridgehead atoms. The Bertz CT molecular complexity index is 336. The fraction of sp³-hybridized carbons (Fsp3) is 0.692. The molecule has 90 valence electrons. The van der Waals surface area contributed by atoms with Gasteiger partial charge in [-0.25, -0.2) is 0 Å². The van der Waals surface area contributed by atoms with E-state index in [1.54, 1.807) is 11.3 Å². The highest BCUT2D eigenvalue weighted by molar-refractivity contribution is 9.11. The van der Waals surface area contributed by atoms with Gasteiger partial charge in [-0.3, -0.25) is 0 Å². The molecule has 3 heteroatoms. The van der Waals surface area contributed by atoms with Crippen molar-refractivity contribution in [1.82, 2.24) is 0 Å². The van der Waals surface area contributed by atoms with Crippen molar-refractivity contribution in [1.29, 1.82) is 0 Å². The zero-order chi connectivity index (χ0) is 11.5. The Morgan fingerprint density at radius 3 is 2.88 bits per heavy atom. The summed E-state index contributed by atoms with van der Waals surface area (Å²) in [6.07, 6.45) is 6.05. The minimum Gasteiger partial charge on any atom is -0.388 e. The smallest absolute Gasteiger partial charge is 0.0829 e. The number of hydrogen-bond donors (Lipinski definition) is 1. The molecule has 1 nitrogen and oxygen atoms in total. The summed E-state index contributed by atoms with van der Waals surface area (Å²) in [7, 11) is 0. The van der Waals surface area contributed by atoms with Crippen LogP contribution in [0.4, 0.5) is 0 Å². The maximum Gasteiger partial charge on any atom is 0.0829 e. The van der Waals surface area contributed by atoms with E-state index in [2.05, 4.69) is 34.3 Å². The zero-order valence-electron chi connectivity index (χ0n) is 9.66. The van der Waals surface area contributed by atoms with Crippen LogP contribution >= 0.6 is 27.3 Å². The van der Waals surface area contributed by atoms with Gasteiger partial charge in [0.25, 0.3) is 0 Å². The van der Waals surface area contributed by atoms with Gasteiger partial charge in [0.15, 0.2) is 0 Å². The zero-order valence-corrected chi connectivity index (χ0v) is 12.1. The van der Waals surface area contributed by atoms with Crippen LogP contribution in [0.15, 0.2) is 15.2 Å². The van der Waals surface area contributed by atoms with E-state index in [0.29, 0.717) is 11.8 Å². The Balaban J connectivity index is 2.10. The van der Waals surface area contributed by atoms with E-state index in [9.17, 15) is 5.11 Å². The van der Waals surface area contributed by atoms with Gasteiger partial charge in [0, 0.05) is 0 Å². The van der Waals surface area contributed by atoms with Crippen molar-refractivity contribution in [3.05, 3.63) is 20.8 Å². The average Bonchev–Trinajstić information content (AvgIpc) is 2.75. The van der Waals surface area contributed by atoms with Crippen LogP contribution in [0.5, 0.6) is 0 Å². The maximum absolute atomic E-state index is 10.4. The first kappa shape index (κ1) is 12.6. The van der Waals surface area contributed by atoms with Gasteiger partial charge in [0.2, 0.25) is 0 Å². The number of aliphatic hydroxyl groups is 1. The third-order valence-corrected chi connectivity index (χ3v) is 5.35. The van der Waals surface area contributed by atoms with Crippen molar-refractivity contribution in [3.8, 4) is 0 Å². The Labute approximate surface area is 110 Å². The van der Waals surface area contributed by atoms with Crippen molar-refractivity contribution in [2.45, 2.75) is 45.1 Å². The van der Waals surface area contributed by atoms with Crippen LogP contribution in [0, 0.1) is 11.8 Å². The van der Waals surface area contributed by atoms with Crippen LogP contribution in [0.1, 0.15) is 50.7 Å². The monoisotopic (exact) mass is 302 g/mol. The summed E-state index contributed by atoms with van der Waals surface area (Å²) in [5.41, 5.74) is 1.10. The van der Waals surface area contributed by atoms with Crippen LogP contribution in [-0.4, -0.2) is 5.11 Å². The Hall–Kier alpha value is 0.140. The van der Waals surface area contributed by atoms with Crippen molar-refractivity contribution < 1.29 is 5.11 Å². The minimum absolute atomic E-state index is 0.257. The molecule has 1 aliphatic carbocycles. The van der Waals surface area contributed by atoms with Gasteiger partial charge >= 0.3 is 0 Å². The fourth-order valence-corrected chi connectivity index (χ4v) is 4.09. The Kier molecular flexibility index (Phi) is 4.45. The lowest BCUT2D eigenvalue weighted by atomic mass is 9.74. The van der Waals surface area contributed by atoms with Crippen LogP contribution in [0.3, 0.4) is 0 Å². The number of rotatable bonds is 3. The molecule has 0 saturated heterocycles. The molecule has 0 aliphatic heterocycles. The quantitative estimate of drug-likeness (QED) is 0.853. The summed E-state index contributed by atoms with van der Waals surface area (Å²) in [6.45, 7) is 2.25. The molecular formula is C13H19BrOS. The highest BCUT2D eigenvalue weighted by Crippen LogP contribution is 2.41. The molecule has 1 aromatic rings. The fourth-order valence-electron chi connectivity index (χ4n) is 2.88. The van der Waals surface area contributed by atoms with Crippen LogP contribution in [-0.2, 0) is 0 Å². The number of aliphatic hydroxyl groups excluding tert-OH is 1. The summed E-state index contributed by atoms with van der Waals surface area (Å²) in [6, 6.07) is 2.07. The van der Waals surface area contributed by atoms with E-state index < -0.39 is 0 Å². The van der Waals surface area contributed by atoms with E-state index in [1.807, 2.05) is 0 Å². The molecule has 3 unspecified atom stereocenters. The number of halogens is 1. The van der Waals surface area contributed by atoms with Crippen LogP contribution < -0.4 is 0 Å². The lowest BCUT2D eigenvalue weighted by molar-refractivity contribution is 0.0455. The first-order valence-electron chi connectivity index (χ1n) is 6.14. The molecule has 1 N–H and O–H groups in total. The summed E-state index contributed by atoms with van der Waals surface area (Å²) >= 11 is 5.13. The second kappa shape index (κ2) is 5.65. The lowest BCUT2D eigenvalue weighted by Crippen LogP contribution is -2.25. The summed E-state index contributed by atoms with van der Waals surface area (Å²) in [5.74, 6) is 1.18. The van der Waals surface area contributed by atoms with Crippen molar-refractivity contribution >= 4 is 27.3 Å². The molecule has 0 amide bonds. The second-order valence-corrected chi connectivity index (χ2v) is 7.04. The maximum atomic E-state index is 10.4. The van der Waals surface area contributed by atoms with Gasteiger partial charge in [0.05, 0.1) is 9.89 Å². The van der Waals surface area contributed by atoms with Gasteiger partial charge in [-0.05, 0) is 51.2 Å². The molecule has 0 radical (unpaired) electrons. The highest BCUT2D eigenvalue weighted by Gasteiger charge is 2.30. The third-order valence-electron chi connectivity index (χ3n) is 3.83. The molecule has 2 rings (SSSR count). The van der Waals surface area contributed by atoms with Gasteiger partial charge < -0.3 is 5.11 Å². The normalized spacial score (nSPS) is 27.9.